The standard InChI is InChI=1S/C9H12O2/c10-7-4-2-1-3-6-5-8(11)9(6)7/h6,9H,1-5H2. The van der Waals surface area contributed by atoms with Crippen LogP contribution in [0.15, 0.2) is 0 Å². The molecule has 0 spiro atoms. The van der Waals surface area contributed by atoms with Gasteiger partial charge in [0.15, 0.2) is 0 Å². The molecule has 2 atom stereocenters. The van der Waals surface area contributed by atoms with Crippen LogP contribution in [0, 0.1) is 11.8 Å². The number of rotatable bonds is 0. The molecule has 0 saturated heterocycles. The second-order valence-electron chi connectivity index (χ2n) is 3.62. The van der Waals surface area contributed by atoms with Crippen LogP contribution in [0.5, 0.6) is 0 Å². The average molecular weight is 152 g/mol. The Kier molecular flexibility index (Phi) is 1.55. The van der Waals surface area contributed by atoms with Crippen molar-refractivity contribution < 1.29 is 9.59 Å². The Morgan fingerprint density at radius 2 is 1.91 bits per heavy atom. The maximum Gasteiger partial charge on any atom is 0.143 e. The van der Waals surface area contributed by atoms with Gasteiger partial charge in [0.2, 0.25) is 0 Å². The third-order valence-corrected chi connectivity index (χ3v) is 2.88. The van der Waals surface area contributed by atoms with E-state index in [1.54, 1.807) is 0 Å². The highest BCUT2D eigenvalue weighted by molar-refractivity contribution is 6.07. The van der Waals surface area contributed by atoms with Crippen LogP contribution in [-0.4, -0.2) is 11.6 Å². The third-order valence-electron chi connectivity index (χ3n) is 2.88. The molecule has 0 aromatic heterocycles. The number of fused-ring (bicyclic) bond motifs is 1. The van der Waals surface area contributed by atoms with E-state index in [9.17, 15) is 9.59 Å². The fourth-order valence-corrected chi connectivity index (χ4v) is 2.18. The summed E-state index contributed by atoms with van der Waals surface area (Å²) < 4.78 is 0. The van der Waals surface area contributed by atoms with Crippen molar-refractivity contribution in [3.63, 3.8) is 0 Å². The summed E-state index contributed by atoms with van der Waals surface area (Å²) in [5.41, 5.74) is 0. The highest BCUT2D eigenvalue weighted by atomic mass is 16.2. The predicted octanol–water partition coefficient (Wildman–Crippen LogP) is 1.33. The van der Waals surface area contributed by atoms with Gasteiger partial charge in [-0.15, -0.1) is 0 Å². The van der Waals surface area contributed by atoms with Gasteiger partial charge in [-0.3, -0.25) is 9.59 Å². The minimum atomic E-state index is -0.169. The van der Waals surface area contributed by atoms with Crippen LogP contribution in [0.1, 0.15) is 32.1 Å². The molecular formula is C9H12O2. The van der Waals surface area contributed by atoms with E-state index in [4.69, 9.17) is 0 Å². The third kappa shape index (κ3) is 1.01. The molecule has 2 fully saturated rings. The number of hydrogen-bond acceptors (Lipinski definition) is 2. The van der Waals surface area contributed by atoms with Crippen molar-refractivity contribution in [1.82, 2.24) is 0 Å². The topological polar surface area (TPSA) is 34.1 Å². The lowest BCUT2D eigenvalue weighted by Gasteiger charge is -2.31. The van der Waals surface area contributed by atoms with Crippen molar-refractivity contribution in [2.75, 3.05) is 0 Å². The molecule has 0 amide bonds. The van der Waals surface area contributed by atoms with Crippen molar-refractivity contribution in [1.29, 1.82) is 0 Å². The summed E-state index contributed by atoms with van der Waals surface area (Å²) in [4.78, 5) is 22.3. The Morgan fingerprint density at radius 3 is 2.64 bits per heavy atom. The Balaban J connectivity index is 2.13. The second-order valence-corrected chi connectivity index (χ2v) is 3.62. The van der Waals surface area contributed by atoms with Gasteiger partial charge in [-0.1, -0.05) is 6.42 Å². The van der Waals surface area contributed by atoms with Crippen molar-refractivity contribution >= 4 is 11.6 Å². The SMILES string of the molecule is O=C1CCCCC2CC(=O)C12. The molecule has 2 rings (SSSR count). The zero-order valence-corrected chi connectivity index (χ0v) is 6.51. The lowest BCUT2D eigenvalue weighted by molar-refractivity contribution is -0.142. The number of ketones is 2. The zero-order valence-electron chi connectivity index (χ0n) is 6.51. The van der Waals surface area contributed by atoms with Gasteiger partial charge in [0, 0.05) is 12.8 Å². The molecule has 2 saturated carbocycles. The van der Waals surface area contributed by atoms with Crippen LogP contribution in [0.4, 0.5) is 0 Å². The van der Waals surface area contributed by atoms with Crippen molar-refractivity contribution in [3.05, 3.63) is 0 Å². The lowest BCUT2D eigenvalue weighted by Crippen LogP contribution is -2.41. The molecule has 0 bridgehead atoms. The second kappa shape index (κ2) is 2.43. The molecular weight excluding hydrogens is 140 g/mol. The smallest absolute Gasteiger partial charge is 0.143 e. The van der Waals surface area contributed by atoms with Crippen LogP contribution in [0.25, 0.3) is 0 Å². The molecule has 2 aliphatic carbocycles. The minimum Gasteiger partial charge on any atom is -0.299 e. The minimum absolute atomic E-state index is 0.169. The molecule has 0 aromatic carbocycles. The van der Waals surface area contributed by atoms with E-state index in [0.29, 0.717) is 18.8 Å². The van der Waals surface area contributed by atoms with Gasteiger partial charge in [-0.25, -0.2) is 0 Å². The maximum atomic E-state index is 11.3. The summed E-state index contributed by atoms with van der Waals surface area (Å²) in [6, 6.07) is 0. The average Bonchev–Trinajstić information content (AvgIpc) is 2.07. The first-order valence-corrected chi connectivity index (χ1v) is 4.34. The zero-order chi connectivity index (χ0) is 7.84. The molecule has 2 unspecified atom stereocenters. The number of hydrogen-bond donors (Lipinski definition) is 0. The van der Waals surface area contributed by atoms with Crippen LogP contribution in [0.2, 0.25) is 0 Å². The van der Waals surface area contributed by atoms with Gasteiger partial charge in [0.25, 0.3) is 0 Å². The van der Waals surface area contributed by atoms with E-state index in [0.717, 1.165) is 19.3 Å². The fourth-order valence-electron chi connectivity index (χ4n) is 2.18. The molecule has 0 N–H and O–H groups in total. The lowest BCUT2D eigenvalue weighted by atomic mass is 9.69. The van der Waals surface area contributed by atoms with Crippen LogP contribution < -0.4 is 0 Å². The largest absolute Gasteiger partial charge is 0.299 e. The summed E-state index contributed by atoms with van der Waals surface area (Å²) in [6.07, 6.45) is 4.56. The van der Waals surface area contributed by atoms with E-state index < -0.39 is 0 Å². The number of carbonyl (C=O) groups excluding carboxylic acids is 2. The highest BCUT2D eigenvalue weighted by Crippen LogP contribution is 2.38. The number of carbonyl (C=O) groups is 2. The fraction of sp³-hybridized carbons (Fsp3) is 0.778. The Bertz CT molecular complexity index is 208. The summed E-state index contributed by atoms with van der Waals surface area (Å²) in [7, 11) is 0. The summed E-state index contributed by atoms with van der Waals surface area (Å²) in [5.74, 6) is 0.667. The normalized spacial score (nSPS) is 37.5. The van der Waals surface area contributed by atoms with Crippen LogP contribution in [-0.2, 0) is 9.59 Å². The highest BCUT2D eigenvalue weighted by Gasteiger charge is 2.44. The first-order chi connectivity index (χ1) is 5.29. The Morgan fingerprint density at radius 1 is 1.09 bits per heavy atom. The van der Waals surface area contributed by atoms with Crippen LogP contribution in [0.3, 0.4) is 0 Å². The molecule has 0 aromatic rings. The van der Waals surface area contributed by atoms with E-state index in [1.807, 2.05) is 0 Å². The van der Waals surface area contributed by atoms with Gasteiger partial charge in [0.1, 0.15) is 11.6 Å². The molecule has 0 aliphatic heterocycles. The molecule has 2 aliphatic rings. The summed E-state index contributed by atoms with van der Waals surface area (Å²) in [5, 5.41) is 0. The van der Waals surface area contributed by atoms with Crippen molar-refractivity contribution in [2.45, 2.75) is 32.1 Å². The molecule has 0 radical (unpaired) electrons. The predicted molar refractivity (Wildman–Crippen MR) is 40.1 cm³/mol. The molecule has 2 nitrogen and oxygen atoms in total. The van der Waals surface area contributed by atoms with E-state index >= 15 is 0 Å². The maximum absolute atomic E-state index is 11.3. The van der Waals surface area contributed by atoms with Gasteiger partial charge >= 0.3 is 0 Å². The van der Waals surface area contributed by atoms with E-state index in [2.05, 4.69) is 0 Å². The summed E-state index contributed by atoms with van der Waals surface area (Å²) >= 11 is 0. The van der Waals surface area contributed by atoms with Crippen molar-refractivity contribution in [2.24, 2.45) is 11.8 Å². The Labute approximate surface area is 66.0 Å². The van der Waals surface area contributed by atoms with Gasteiger partial charge < -0.3 is 0 Å². The van der Waals surface area contributed by atoms with Gasteiger partial charge in [-0.2, -0.15) is 0 Å². The molecule has 2 heteroatoms. The molecule has 60 valence electrons. The Hall–Kier alpha value is -0.660. The molecule has 11 heavy (non-hydrogen) atoms. The first-order valence-electron chi connectivity index (χ1n) is 4.34. The van der Waals surface area contributed by atoms with Crippen LogP contribution >= 0.6 is 0 Å². The summed E-state index contributed by atoms with van der Waals surface area (Å²) in [6.45, 7) is 0. The first kappa shape index (κ1) is 7.01. The van der Waals surface area contributed by atoms with E-state index in [1.165, 1.54) is 0 Å². The van der Waals surface area contributed by atoms with Gasteiger partial charge in [0.05, 0.1) is 5.92 Å². The van der Waals surface area contributed by atoms with Gasteiger partial charge in [-0.05, 0) is 18.8 Å². The molecule has 0 heterocycles. The quantitative estimate of drug-likeness (QED) is 0.491. The number of Topliss-reactive ketones (excluding diaryl/α,β-unsaturated/α-hetero) is 2. The monoisotopic (exact) mass is 152 g/mol. The van der Waals surface area contributed by atoms with E-state index in [-0.39, 0.29) is 17.5 Å². The van der Waals surface area contributed by atoms with Crippen molar-refractivity contribution in [3.8, 4) is 0 Å².